The van der Waals surface area contributed by atoms with Crippen LogP contribution in [0.3, 0.4) is 0 Å². The summed E-state index contributed by atoms with van der Waals surface area (Å²) in [5.41, 5.74) is -0.641. The fraction of sp³-hybridized carbons (Fsp3) is 0.938. The third kappa shape index (κ3) is 3.34. The summed E-state index contributed by atoms with van der Waals surface area (Å²) in [7, 11) is 2.15. The maximum Gasteiger partial charge on any atom is 0.324 e. The summed E-state index contributed by atoms with van der Waals surface area (Å²) in [5.74, 6) is -0.342. The monoisotopic (exact) mass is 282 g/mol. The fourth-order valence-electron chi connectivity index (χ4n) is 3.49. The molecule has 0 amide bonds. The largest absolute Gasteiger partial charge is 0.480 e. The molecule has 4 heteroatoms. The van der Waals surface area contributed by atoms with E-state index in [1.807, 2.05) is 0 Å². The van der Waals surface area contributed by atoms with E-state index in [1.54, 1.807) is 0 Å². The van der Waals surface area contributed by atoms with Crippen LogP contribution in [0.25, 0.3) is 0 Å². The van der Waals surface area contributed by atoms with Crippen molar-refractivity contribution in [1.82, 2.24) is 10.2 Å². The zero-order valence-electron chi connectivity index (χ0n) is 13.2. The molecule has 0 saturated heterocycles. The van der Waals surface area contributed by atoms with Gasteiger partial charge in [-0.15, -0.1) is 0 Å². The van der Waals surface area contributed by atoms with Crippen LogP contribution in [0.4, 0.5) is 0 Å². The summed E-state index contributed by atoms with van der Waals surface area (Å²) < 4.78 is 0. The van der Waals surface area contributed by atoms with E-state index in [-0.39, 0.29) is 5.92 Å². The predicted octanol–water partition coefficient (Wildman–Crippen LogP) is 2.48. The Morgan fingerprint density at radius 1 is 1.45 bits per heavy atom. The van der Waals surface area contributed by atoms with Crippen molar-refractivity contribution < 1.29 is 9.90 Å². The van der Waals surface area contributed by atoms with Gasteiger partial charge < -0.3 is 10.0 Å². The Labute approximate surface area is 122 Å². The number of nitrogens with one attached hydrogen (secondary N) is 1. The lowest BCUT2D eigenvalue weighted by molar-refractivity contribution is -0.147. The molecule has 116 valence electrons. The van der Waals surface area contributed by atoms with E-state index in [0.717, 1.165) is 51.5 Å². The van der Waals surface area contributed by atoms with Crippen molar-refractivity contribution in [3.05, 3.63) is 0 Å². The molecule has 0 radical (unpaired) electrons. The lowest BCUT2D eigenvalue weighted by Crippen LogP contribution is -2.56. The summed E-state index contributed by atoms with van der Waals surface area (Å²) in [6.45, 7) is 5.44. The average molecular weight is 282 g/mol. The van der Waals surface area contributed by atoms with Crippen LogP contribution in [-0.2, 0) is 4.79 Å². The van der Waals surface area contributed by atoms with Crippen LogP contribution in [0.1, 0.15) is 58.8 Å². The minimum Gasteiger partial charge on any atom is -0.480 e. The third-order valence-electron chi connectivity index (χ3n) is 5.41. The quantitative estimate of drug-likeness (QED) is 0.718. The molecule has 4 nitrogen and oxygen atoms in total. The van der Waals surface area contributed by atoms with Gasteiger partial charge in [0.25, 0.3) is 0 Å². The summed E-state index contributed by atoms with van der Waals surface area (Å²) in [6.07, 6.45) is 7.34. The van der Waals surface area contributed by atoms with E-state index >= 15 is 0 Å². The minimum absolute atomic E-state index is 0.284. The first-order valence-electron chi connectivity index (χ1n) is 8.21. The molecule has 0 aromatic carbocycles. The second-order valence-corrected chi connectivity index (χ2v) is 6.81. The number of carbonyl (C=O) groups is 1. The molecule has 20 heavy (non-hydrogen) atoms. The standard InChI is InChI=1S/C16H30N2O2/c1-4-12(2)18(3)11-9-13-6-5-10-16(13,15(19)20)17-14-7-8-14/h12-14,17H,4-11H2,1-3H3,(H,19,20). The summed E-state index contributed by atoms with van der Waals surface area (Å²) in [5, 5.41) is 13.2. The average Bonchev–Trinajstić information content (AvgIpc) is 3.14. The molecule has 0 heterocycles. The van der Waals surface area contributed by atoms with Crippen LogP contribution in [0.5, 0.6) is 0 Å². The molecular weight excluding hydrogens is 252 g/mol. The van der Waals surface area contributed by atoms with Crippen molar-refractivity contribution in [2.75, 3.05) is 13.6 Å². The van der Waals surface area contributed by atoms with Crippen LogP contribution < -0.4 is 5.32 Å². The van der Waals surface area contributed by atoms with E-state index in [2.05, 4.69) is 31.1 Å². The molecular formula is C16H30N2O2. The molecule has 0 bridgehead atoms. The van der Waals surface area contributed by atoms with Crippen molar-refractivity contribution in [1.29, 1.82) is 0 Å². The second-order valence-electron chi connectivity index (χ2n) is 6.81. The highest BCUT2D eigenvalue weighted by atomic mass is 16.4. The summed E-state index contributed by atoms with van der Waals surface area (Å²) in [4.78, 5) is 14.2. The van der Waals surface area contributed by atoms with Gasteiger partial charge in [-0.3, -0.25) is 10.1 Å². The maximum absolute atomic E-state index is 11.9. The fourth-order valence-corrected chi connectivity index (χ4v) is 3.49. The summed E-state index contributed by atoms with van der Waals surface area (Å²) >= 11 is 0. The first-order valence-corrected chi connectivity index (χ1v) is 8.21. The Hall–Kier alpha value is -0.610. The van der Waals surface area contributed by atoms with Gasteiger partial charge in [-0.05, 0) is 65.0 Å². The molecule has 2 saturated carbocycles. The van der Waals surface area contributed by atoms with Crippen molar-refractivity contribution in [2.24, 2.45) is 5.92 Å². The molecule has 0 aromatic rings. The van der Waals surface area contributed by atoms with E-state index in [1.165, 1.54) is 0 Å². The molecule has 2 N–H and O–H groups in total. The van der Waals surface area contributed by atoms with Gasteiger partial charge >= 0.3 is 5.97 Å². The molecule has 3 atom stereocenters. The highest BCUT2D eigenvalue weighted by molar-refractivity contribution is 5.80. The van der Waals surface area contributed by atoms with Gasteiger partial charge in [0.1, 0.15) is 5.54 Å². The van der Waals surface area contributed by atoms with Crippen molar-refractivity contribution >= 4 is 5.97 Å². The number of hydrogen-bond donors (Lipinski definition) is 2. The Morgan fingerprint density at radius 3 is 2.70 bits per heavy atom. The molecule has 3 unspecified atom stereocenters. The van der Waals surface area contributed by atoms with Crippen molar-refractivity contribution in [3.8, 4) is 0 Å². The van der Waals surface area contributed by atoms with E-state index < -0.39 is 11.5 Å². The number of rotatable bonds is 8. The van der Waals surface area contributed by atoms with Crippen LogP contribution in [0.2, 0.25) is 0 Å². The van der Waals surface area contributed by atoms with Gasteiger partial charge in [0.15, 0.2) is 0 Å². The van der Waals surface area contributed by atoms with Crippen LogP contribution in [-0.4, -0.2) is 47.2 Å². The zero-order chi connectivity index (χ0) is 14.8. The number of aliphatic carboxylic acids is 1. The first kappa shape index (κ1) is 15.8. The van der Waals surface area contributed by atoms with Crippen molar-refractivity contribution in [3.63, 3.8) is 0 Å². The number of carboxylic acid groups (broad SMARTS) is 1. The molecule has 0 aliphatic heterocycles. The van der Waals surface area contributed by atoms with Gasteiger partial charge in [-0.2, -0.15) is 0 Å². The minimum atomic E-state index is -0.641. The smallest absolute Gasteiger partial charge is 0.324 e. The zero-order valence-corrected chi connectivity index (χ0v) is 13.2. The Balaban J connectivity index is 1.95. The molecule has 2 aliphatic carbocycles. The topological polar surface area (TPSA) is 52.6 Å². The highest BCUT2D eigenvalue weighted by Crippen LogP contribution is 2.40. The third-order valence-corrected chi connectivity index (χ3v) is 5.41. The van der Waals surface area contributed by atoms with E-state index in [0.29, 0.717) is 12.1 Å². The highest BCUT2D eigenvalue weighted by Gasteiger charge is 2.51. The van der Waals surface area contributed by atoms with Gasteiger partial charge in [0, 0.05) is 12.1 Å². The number of carboxylic acids is 1. The molecule has 0 spiro atoms. The molecule has 2 rings (SSSR count). The lowest BCUT2D eigenvalue weighted by atomic mass is 9.84. The van der Waals surface area contributed by atoms with Gasteiger partial charge in [-0.1, -0.05) is 13.3 Å². The Morgan fingerprint density at radius 2 is 2.15 bits per heavy atom. The lowest BCUT2D eigenvalue weighted by Gasteiger charge is -2.34. The Kier molecular flexibility index (Phi) is 5.08. The van der Waals surface area contributed by atoms with Crippen LogP contribution >= 0.6 is 0 Å². The van der Waals surface area contributed by atoms with Crippen LogP contribution in [0, 0.1) is 5.92 Å². The normalized spacial score (nSPS) is 31.7. The molecule has 2 aliphatic rings. The SMILES string of the molecule is CCC(C)N(C)CCC1CCCC1(NC1CC1)C(=O)O. The number of nitrogens with zero attached hydrogens (tertiary/aromatic N) is 1. The van der Waals surface area contributed by atoms with Crippen molar-refractivity contribution in [2.45, 2.75) is 76.4 Å². The van der Waals surface area contributed by atoms with E-state index in [4.69, 9.17) is 0 Å². The second kappa shape index (κ2) is 6.44. The maximum atomic E-state index is 11.9. The number of hydrogen-bond acceptors (Lipinski definition) is 3. The van der Waals surface area contributed by atoms with E-state index in [9.17, 15) is 9.90 Å². The summed E-state index contributed by atoms with van der Waals surface area (Å²) in [6, 6.07) is 1.03. The van der Waals surface area contributed by atoms with Crippen LogP contribution in [0.15, 0.2) is 0 Å². The molecule has 2 fully saturated rings. The van der Waals surface area contributed by atoms with Gasteiger partial charge in [0.2, 0.25) is 0 Å². The van der Waals surface area contributed by atoms with Gasteiger partial charge in [-0.25, -0.2) is 0 Å². The Bertz CT molecular complexity index is 343. The molecule has 0 aromatic heterocycles. The first-order chi connectivity index (χ1) is 9.49. The predicted molar refractivity (Wildman–Crippen MR) is 80.9 cm³/mol. The van der Waals surface area contributed by atoms with Gasteiger partial charge in [0.05, 0.1) is 0 Å².